The van der Waals surface area contributed by atoms with E-state index in [1.54, 1.807) is 6.08 Å². The summed E-state index contributed by atoms with van der Waals surface area (Å²) in [5.74, 6) is -7.13. The summed E-state index contributed by atoms with van der Waals surface area (Å²) in [6.45, 7) is 0. The second kappa shape index (κ2) is 9.38. The Morgan fingerprint density at radius 1 is 1.05 bits per heavy atom. The van der Waals surface area contributed by atoms with Gasteiger partial charge in [-0.3, -0.25) is 24.1 Å². The molecule has 2 saturated heterocycles. The van der Waals surface area contributed by atoms with Crippen molar-refractivity contribution >= 4 is 68.9 Å². The van der Waals surface area contributed by atoms with Crippen LogP contribution in [0.25, 0.3) is 0 Å². The van der Waals surface area contributed by atoms with E-state index in [2.05, 4.69) is 20.7 Å². The third-order valence-corrected chi connectivity index (χ3v) is 10.1. The van der Waals surface area contributed by atoms with Gasteiger partial charge in [-0.25, -0.2) is 4.79 Å². The fourth-order valence-corrected chi connectivity index (χ4v) is 7.90. The van der Waals surface area contributed by atoms with Crippen LogP contribution in [-0.4, -0.2) is 81.2 Å². The smallest absolute Gasteiger partial charge is 0.423 e. The average Bonchev–Trinajstić information content (AvgIpc) is 3.26. The normalized spacial score (nSPS) is 33.4. The van der Waals surface area contributed by atoms with Gasteiger partial charge in [-0.1, -0.05) is 27.6 Å². The number of hydrogen-bond donors (Lipinski definition) is 1. The van der Waals surface area contributed by atoms with Gasteiger partial charge in [0.1, 0.15) is 0 Å². The van der Waals surface area contributed by atoms with Crippen LogP contribution in [0.4, 0.5) is 4.79 Å². The van der Waals surface area contributed by atoms with E-state index in [1.165, 1.54) is 26.4 Å². The second-order valence-corrected chi connectivity index (χ2v) is 11.5. The number of phenols is 1. The van der Waals surface area contributed by atoms with Gasteiger partial charge in [0.15, 0.2) is 21.2 Å². The summed E-state index contributed by atoms with van der Waals surface area (Å²) in [5.41, 5.74) is 0.657. The molecule has 1 aromatic carbocycles. The molecule has 208 valence electrons. The van der Waals surface area contributed by atoms with Gasteiger partial charge in [0.05, 0.1) is 38.6 Å². The third-order valence-electron chi connectivity index (χ3n) is 8.21. The predicted molar refractivity (Wildman–Crippen MR) is 139 cm³/mol. The van der Waals surface area contributed by atoms with Crippen molar-refractivity contribution in [3.63, 3.8) is 0 Å². The minimum atomic E-state index is -2.05. The number of halogens is 3. The number of allylic oxidation sites excluding steroid dienone is 2. The highest BCUT2D eigenvalue weighted by atomic mass is 79.9. The van der Waals surface area contributed by atoms with Crippen LogP contribution in [-0.2, 0) is 23.9 Å². The molecule has 3 fully saturated rings. The Balaban J connectivity index is 1.76. The van der Waals surface area contributed by atoms with Gasteiger partial charge in [0.25, 0.3) is 11.8 Å². The van der Waals surface area contributed by atoms with Crippen molar-refractivity contribution in [1.82, 2.24) is 9.80 Å². The topological polar surface area (TPSA) is 140 Å². The maximum atomic E-state index is 13.8. The Kier molecular flexibility index (Phi) is 6.67. The zero-order chi connectivity index (χ0) is 28.6. The van der Waals surface area contributed by atoms with Crippen molar-refractivity contribution < 1.29 is 43.3 Å². The lowest BCUT2D eigenvalue weighted by molar-refractivity contribution is -0.140. The number of fused-ring (bicyclic) bond motifs is 4. The highest BCUT2D eigenvalue weighted by Gasteiger charge is 2.76. The molecule has 0 radical (unpaired) electrons. The Hall–Kier alpha value is -2.83. The van der Waals surface area contributed by atoms with E-state index >= 15 is 0 Å². The first-order valence-electron chi connectivity index (χ1n) is 11.8. The molecule has 0 bridgehead atoms. The molecule has 0 spiro atoms. The Labute approximate surface area is 241 Å². The molecule has 0 aromatic heterocycles. The van der Waals surface area contributed by atoms with E-state index in [9.17, 15) is 29.1 Å². The summed E-state index contributed by atoms with van der Waals surface area (Å²) in [7, 11) is 3.72. The molecular weight excluding hydrogens is 623 g/mol. The molecular formula is C25H23BrCl2N2O9. The monoisotopic (exact) mass is 644 g/mol. The zero-order valence-electron chi connectivity index (χ0n) is 20.9. The molecule has 5 amide bonds. The maximum absolute atomic E-state index is 13.8. The van der Waals surface area contributed by atoms with Crippen LogP contribution in [0.5, 0.6) is 17.2 Å². The van der Waals surface area contributed by atoms with E-state index in [0.717, 1.165) is 12.0 Å². The second-order valence-electron chi connectivity index (χ2n) is 9.74. The van der Waals surface area contributed by atoms with Crippen LogP contribution in [0.1, 0.15) is 24.3 Å². The van der Waals surface area contributed by atoms with Crippen LogP contribution in [0.2, 0.25) is 0 Å². The Morgan fingerprint density at radius 2 is 1.67 bits per heavy atom. The maximum Gasteiger partial charge on any atom is 0.423 e. The molecule has 1 saturated carbocycles. The van der Waals surface area contributed by atoms with Gasteiger partial charge in [0, 0.05) is 5.92 Å². The predicted octanol–water partition coefficient (Wildman–Crippen LogP) is 2.89. The number of likely N-dealkylation sites (tertiary alicyclic amines) is 2. The number of benzene rings is 1. The van der Waals surface area contributed by atoms with Gasteiger partial charge >= 0.3 is 6.09 Å². The molecule has 14 heteroatoms. The SMILES string of the molecule is COC(=O)N1C(=O)C2CC=C3C(CC4(Cl)C(=O)N(CBr)C(=O)C4(Cl)C3c3cc(OC)c(O)c(OC)c3)C2C1=O. The number of phenolic OH excluding ortho intramolecular Hbond substituents is 1. The quantitative estimate of drug-likeness (QED) is 0.227. The molecule has 5 rings (SSSR count). The van der Waals surface area contributed by atoms with E-state index in [-0.39, 0.29) is 35.5 Å². The van der Waals surface area contributed by atoms with E-state index in [1.807, 2.05) is 0 Å². The molecule has 4 aliphatic rings. The lowest BCUT2D eigenvalue weighted by Gasteiger charge is -2.50. The molecule has 6 atom stereocenters. The van der Waals surface area contributed by atoms with E-state index in [0.29, 0.717) is 16.0 Å². The number of aromatic hydroxyl groups is 1. The number of amides is 5. The highest BCUT2D eigenvalue weighted by Crippen LogP contribution is 2.66. The van der Waals surface area contributed by atoms with Gasteiger partial charge in [-0.2, -0.15) is 4.90 Å². The van der Waals surface area contributed by atoms with Gasteiger partial charge in [-0.15, -0.1) is 23.2 Å². The zero-order valence-corrected chi connectivity index (χ0v) is 24.0. The van der Waals surface area contributed by atoms with Gasteiger partial charge in [-0.05, 0) is 36.5 Å². The lowest BCUT2D eigenvalue weighted by atomic mass is 9.56. The number of carbonyl (C=O) groups excluding carboxylic acids is 5. The molecule has 39 heavy (non-hydrogen) atoms. The number of imide groups is 4. The highest BCUT2D eigenvalue weighted by molar-refractivity contribution is 9.09. The largest absolute Gasteiger partial charge is 0.502 e. The Bertz CT molecular complexity index is 1340. The van der Waals surface area contributed by atoms with Crippen molar-refractivity contribution in [2.45, 2.75) is 28.5 Å². The first-order chi connectivity index (χ1) is 18.4. The first-order valence-corrected chi connectivity index (χ1v) is 13.7. The fourth-order valence-electron chi connectivity index (χ4n) is 6.48. The van der Waals surface area contributed by atoms with Crippen LogP contribution < -0.4 is 9.47 Å². The van der Waals surface area contributed by atoms with Crippen LogP contribution >= 0.6 is 39.1 Å². The van der Waals surface area contributed by atoms with Gasteiger partial charge in [0.2, 0.25) is 17.6 Å². The summed E-state index contributed by atoms with van der Waals surface area (Å²) < 4.78 is 15.3. The molecule has 2 aliphatic carbocycles. The van der Waals surface area contributed by atoms with Gasteiger partial charge < -0.3 is 19.3 Å². The molecule has 6 unspecified atom stereocenters. The minimum Gasteiger partial charge on any atom is -0.502 e. The number of methoxy groups -OCH3 is 3. The lowest BCUT2D eigenvalue weighted by Crippen LogP contribution is -2.60. The van der Waals surface area contributed by atoms with E-state index in [4.69, 9.17) is 32.7 Å². The summed E-state index contributed by atoms with van der Waals surface area (Å²) in [6, 6.07) is 2.91. The van der Waals surface area contributed by atoms with E-state index < -0.39 is 63.1 Å². The summed E-state index contributed by atoms with van der Waals surface area (Å²) in [5, 5.41) is 10.5. The Morgan fingerprint density at radius 3 is 2.21 bits per heavy atom. The number of nitrogens with zero attached hydrogens (tertiary/aromatic N) is 2. The third kappa shape index (κ3) is 3.43. The molecule has 1 N–H and O–H groups in total. The number of alkyl halides is 3. The summed E-state index contributed by atoms with van der Waals surface area (Å²) >= 11 is 17.4. The molecule has 11 nitrogen and oxygen atoms in total. The molecule has 1 aromatic rings. The number of hydrogen-bond acceptors (Lipinski definition) is 9. The van der Waals surface area contributed by atoms with Crippen LogP contribution in [0.15, 0.2) is 23.8 Å². The minimum absolute atomic E-state index is 0.0132. The number of rotatable bonds is 4. The average molecular weight is 646 g/mol. The van der Waals surface area contributed by atoms with Crippen molar-refractivity contribution in [2.75, 3.05) is 26.8 Å². The van der Waals surface area contributed by atoms with Crippen molar-refractivity contribution in [3.8, 4) is 17.2 Å². The summed E-state index contributed by atoms with van der Waals surface area (Å²) in [4.78, 5) is 63.6. The van der Waals surface area contributed by atoms with Crippen molar-refractivity contribution in [3.05, 3.63) is 29.3 Å². The van der Waals surface area contributed by atoms with Crippen molar-refractivity contribution in [2.24, 2.45) is 17.8 Å². The van der Waals surface area contributed by atoms with Crippen LogP contribution in [0.3, 0.4) is 0 Å². The molecule has 2 aliphatic heterocycles. The van der Waals surface area contributed by atoms with Crippen molar-refractivity contribution in [1.29, 1.82) is 0 Å². The van der Waals surface area contributed by atoms with Crippen LogP contribution in [0, 0.1) is 17.8 Å². The first kappa shape index (κ1) is 27.7. The molecule has 2 heterocycles. The number of ether oxygens (including phenoxy) is 3. The summed E-state index contributed by atoms with van der Waals surface area (Å²) in [6.07, 6.45) is 0.440. The number of carbonyl (C=O) groups is 5. The fraction of sp³-hybridized carbons (Fsp3) is 0.480. The standard InChI is InChI=1S/C25H23BrCl2N2O9/c1-37-14-6-10(7-15(38-2)18(14)31)17-11-4-5-12-16(20(33)30(19(12)32)23(36)39-3)13(11)8-24(27)21(34)29(9-26)22(35)25(17,24)28/h4,6-7,12-13,16-17,31H,5,8-9H2,1-3H3.